The summed E-state index contributed by atoms with van der Waals surface area (Å²) in [5.41, 5.74) is 0. The van der Waals surface area contributed by atoms with Crippen molar-refractivity contribution in [1.29, 1.82) is 0 Å². The van der Waals surface area contributed by atoms with Crippen molar-refractivity contribution >= 4 is 0 Å². The van der Waals surface area contributed by atoms with E-state index >= 15 is 0 Å². The Kier molecular flexibility index (Phi) is 2.90. The molecule has 0 bridgehead atoms. The van der Waals surface area contributed by atoms with Crippen LogP contribution < -0.4 is 5.32 Å². The summed E-state index contributed by atoms with van der Waals surface area (Å²) in [6.07, 6.45) is 0.838. The van der Waals surface area contributed by atoms with Gasteiger partial charge in [0.2, 0.25) is 0 Å². The second-order valence-corrected chi connectivity index (χ2v) is 3.99. The van der Waals surface area contributed by atoms with Gasteiger partial charge in [0.15, 0.2) is 0 Å². The van der Waals surface area contributed by atoms with Gasteiger partial charge in [-0.25, -0.2) is 0 Å². The highest BCUT2D eigenvalue weighted by Gasteiger charge is 2.27. The number of aliphatic hydroxyl groups is 1. The third-order valence-electron chi connectivity index (χ3n) is 2.72. The van der Waals surface area contributed by atoms with E-state index in [0.717, 1.165) is 13.0 Å². The summed E-state index contributed by atoms with van der Waals surface area (Å²) in [5, 5.41) is 12.7. The lowest BCUT2D eigenvalue weighted by atomic mass is 9.82. The Bertz CT molecular complexity index is 125. The van der Waals surface area contributed by atoms with Gasteiger partial charge in [0.1, 0.15) is 0 Å². The van der Waals surface area contributed by atoms with Crippen molar-refractivity contribution in [1.82, 2.24) is 5.32 Å². The molecule has 0 aliphatic carbocycles. The van der Waals surface area contributed by atoms with Gasteiger partial charge in [0.25, 0.3) is 0 Å². The first-order valence-corrected chi connectivity index (χ1v) is 4.52. The molecule has 1 rings (SSSR count). The number of piperidine rings is 1. The number of hydrogen-bond acceptors (Lipinski definition) is 2. The molecule has 1 aliphatic rings. The van der Waals surface area contributed by atoms with Crippen LogP contribution >= 0.6 is 0 Å². The van der Waals surface area contributed by atoms with Crippen LogP contribution in [0.15, 0.2) is 0 Å². The molecule has 1 heterocycles. The number of nitrogens with one attached hydrogen (secondary N) is 1. The summed E-state index contributed by atoms with van der Waals surface area (Å²) < 4.78 is 0. The molecule has 3 unspecified atom stereocenters. The van der Waals surface area contributed by atoms with Crippen LogP contribution in [0.5, 0.6) is 0 Å². The topological polar surface area (TPSA) is 32.3 Å². The van der Waals surface area contributed by atoms with Crippen LogP contribution in [-0.4, -0.2) is 23.8 Å². The third-order valence-corrected chi connectivity index (χ3v) is 2.72. The van der Waals surface area contributed by atoms with Crippen LogP contribution in [0.1, 0.15) is 27.2 Å². The predicted octanol–water partition coefficient (Wildman–Crippen LogP) is 1.00. The van der Waals surface area contributed by atoms with Gasteiger partial charge in [-0.15, -0.1) is 0 Å². The maximum absolute atomic E-state index is 9.38. The quantitative estimate of drug-likeness (QED) is 0.595. The van der Waals surface area contributed by atoms with Crippen molar-refractivity contribution < 1.29 is 5.11 Å². The van der Waals surface area contributed by atoms with E-state index < -0.39 is 0 Å². The van der Waals surface area contributed by atoms with Crippen molar-refractivity contribution in [2.45, 2.75) is 39.3 Å². The smallest absolute Gasteiger partial charge is 0.0668 e. The molecule has 66 valence electrons. The zero-order valence-electron chi connectivity index (χ0n) is 7.67. The molecule has 0 saturated carbocycles. The first kappa shape index (κ1) is 9.01. The molecule has 0 spiro atoms. The van der Waals surface area contributed by atoms with Crippen molar-refractivity contribution in [2.24, 2.45) is 11.8 Å². The zero-order valence-corrected chi connectivity index (χ0v) is 7.67. The lowest BCUT2D eigenvalue weighted by Gasteiger charge is -2.35. The number of rotatable bonds is 1. The molecule has 11 heavy (non-hydrogen) atoms. The summed E-state index contributed by atoms with van der Waals surface area (Å²) in [6, 6.07) is 0.568. The summed E-state index contributed by atoms with van der Waals surface area (Å²) in [6.45, 7) is 7.42. The Morgan fingerprint density at radius 3 is 2.55 bits per heavy atom. The van der Waals surface area contributed by atoms with E-state index in [9.17, 15) is 5.11 Å². The van der Waals surface area contributed by atoms with Crippen LogP contribution in [0.2, 0.25) is 0 Å². The third kappa shape index (κ3) is 2.17. The molecule has 0 aromatic rings. The average Bonchev–Trinajstić information content (AvgIpc) is 1.94. The summed E-state index contributed by atoms with van der Waals surface area (Å²) in [5.74, 6) is 1.31. The Morgan fingerprint density at radius 1 is 1.45 bits per heavy atom. The van der Waals surface area contributed by atoms with Crippen LogP contribution in [-0.2, 0) is 0 Å². The summed E-state index contributed by atoms with van der Waals surface area (Å²) in [7, 11) is 0. The Balaban J connectivity index is 2.47. The maximum atomic E-state index is 9.38. The van der Waals surface area contributed by atoms with Gasteiger partial charge in [0.05, 0.1) is 6.10 Å². The van der Waals surface area contributed by atoms with E-state index in [-0.39, 0.29) is 6.10 Å². The van der Waals surface area contributed by atoms with Gasteiger partial charge >= 0.3 is 0 Å². The van der Waals surface area contributed by atoms with Crippen LogP contribution in [0.25, 0.3) is 0 Å². The van der Waals surface area contributed by atoms with Gasteiger partial charge in [-0.1, -0.05) is 13.8 Å². The highest BCUT2D eigenvalue weighted by atomic mass is 16.3. The van der Waals surface area contributed by atoms with Crippen LogP contribution in [0.4, 0.5) is 0 Å². The number of aliphatic hydroxyl groups excluding tert-OH is 1. The molecule has 0 amide bonds. The highest BCUT2D eigenvalue weighted by Crippen LogP contribution is 2.24. The first-order valence-electron chi connectivity index (χ1n) is 4.52. The van der Waals surface area contributed by atoms with Gasteiger partial charge in [-0.2, -0.15) is 0 Å². The second-order valence-electron chi connectivity index (χ2n) is 3.99. The second kappa shape index (κ2) is 3.55. The van der Waals surface area contributed by atoms with Gasteiger partial charge in [-0.3, -0.25) is 0 Å². The molecule has 3 atom stereocenters. The minimum atomic E-state index is -0.126. The molecule has 2 N–H and O–H groups in total. The number of β-amino-alcohol motifs (C(OH)–C–C–N with tert-alkyl or cyclic N) is 1. The molecule has 1 saturated heterocycles. The van der Waals surface area contributed by atoms with Gasteiger partial charge < -0.3 is 10.4 Å². The van der Waals surface area contributed by atoms with Crippen molar-refractivity contribution in [3.05, 3.63) is 0 Å². The van der Waals surface area contributed by atoms with Gasteiger partial charge in [-0.05, 0) is 25.2 Å². The molecular weight excluding hydrogens is 138 g/mol. The fourth-order valence-electron chi connectivity index (χ4n) is 1.92. The van der Waals surface area contributed by atoms with E-state index in [1.165, 1.54) is 0 Å². The lowest BCUT2D eigenvalue weighted by molar-refractivity contribution is 0.0765. The maximum Gasteiger partial charge on any atom is 0.0668 e. The van der Waals surface area contributed by atoms with E-state index in [4.69, 9.17) is 0 Å². The average molecular weight is 157 g/mol. The fourth-order valence-corrected chi connectivity index (χ4v) is 1.92. The first-order chi connectivity index (χ1) is 5.11. The fraction of sp³-hybridized carbons (Fsp3) is 1.00. The van der Waals surface area contributed by atoms with E-state index in [1.54, 1.807) is 0 Å². The zero-order chi connectivity index (χ0) is 8.43. The largest absolute Gasteiger partial charge is 0.392 e. The molecule has 1 aliphatic heterocycles. The Morgan fingerprint density at radius 2 is 2.09 bits per heavy atom. The molecule has 2 nitrogen and oxygen atoms in total. The molecule has 1 fully saturated rings. The van der Waals surface area contributed by atoms with Crippen LogP contribution in [0.3, 0.4) is 0 Å². The Labute approximate surface area is 69.0 Å². The predicted molar refractivity (Wildman–Crippen MR) is 46.4 cm³/mol. The standard InChI is InChI=1S/C9H19NO/c1-6(2)9-4-8(11)5-10-7(9)3/h6-11H,4-5H2,1-3H3. The normalized spacial score (nSPS) is 39.5. The van der Waals surface area contributed by atoms with Crippen molar-refractivity contribution in [2.75, 3.05) is 6.54 Å². The molecule has 0 radical (unpaired) electrons. The minimum Gasteiger partial charge on any atom is -0.392 e. The number of hydrogen-bond donors (Lipinski definition) is 2. The van der Waals surface area contributed by atoms with Crippen LogP contribution in [0, 0.1) is 11.8 Å². The summed E-state index contributed by atoms with van der Waals surface area (Å²) in [4.78, 5) is 0. The minimum absolute atomic E-state index is 0.126. The monoisotopic (exact) mass is 157 g/mol. The van der Waals surface area contributed by atoms with Crippen molar-refractivity contribution in [3.8, 4) is 0 Å². The SMILES string of the molecule is CC(C)C1CC(O)CNC1C. The van der Waals surface area contributed by atoms with E-state index in [0.29, 0.717) is 17.9 Å². The molecular formula is C9H19NO. The Hall–Kier alpha value is -0.0800. The van der Waals surface area contributed by atoms with Crippen molar-refractivity contribution in [3.63, 3.8) is 0 Å². The van der Waals surface area contributed by atoms with E-state index in [1.807, 2.05) is 0 Å². The van der Waals surface area contributed by atoms with Gasteiger partial charge in [0, 0.05) is 12.6 Å². The molecule has 0 aromatic heterocycles. The molecule has 2 heteroatoms. The lowest BCUT2D eigenvalue weighted by Crippen LogP contribution is -2.47. The molecule has 0 aromatic carbocycles. The van der Waals surface area contributed by atoms with E-state index in [2.05, 4.69) is 26.1 Å². The highest BCUT2D eigenvalue weighted by molar-refractivity contribution is 4.83. The summed E-state index contributed by atoms with van der Waals surface area (Å²) >= 11 is 0.